The van der Waals surface area contributed by atoms with Gasteiger partial charge in [-0.25, -0.2) is 14.0 Å². The highest BCUT2D eigenvalue weighted by Gasteiger charge is 2.16. The predicted molar refractivity (Wildman–Crippen MR) is 226 cm³/mol. The molecule has 6 aromatic carbocycles. The molecule has 10 heteroatoms. The number of nitrogens with zero attached hydrogens (tertiary/aromatic N) is 10. The molecule has 0 saturated heterocycles. The van der Waals surface area contributed by atoms with Crippen molar-refractivity contribution < 1.29 is 0 Å². The van der Waals surface area contributed by atoms with Crippen LogP contribution in [0.25, 0.3) is 33.4 Å². The third-order valence-corrected chi connectivity index (χ3v) is 10.1. The summed E-state index contributed by atoms with van der Waals surface area (Å²) in [6.07, 6.45) is 6.05. The molecule has 9 aromatic rings. The van der Waals surface area contributed by atoms with E-state index in [1.165, 1.54) is 33.4 Å². The maximum atomic E-state index is 4.57. The molecular weight excluding hydrogens is 717 g/mol. The molecule has 9 rings (SSSR count). The monoisotopic (exact) mass is 758 g/mol. The van der Waals surface area contributed by atoms with Gasteiger partial charge < -0.3 is 0 Å². The molecule has 0 aliphatic rings. The highest BCUT2D eigenvalue weighted by Crippen LogP contribution is 2.22. The Morgan fingerprint density at radius 2 is 0.569 bits per heavy atom. The molecule has 0 fully saturated rings. The van der Waals surface area contributed by atoms with Crippen molar-refractivity contribution in [3.8, 4) is 33.4 Å². The molecule has 0 aliphatic carbocycles. The van der Waals surface area contributed by atoms with E-state index in [-0.39, 0.29) is 0 Å². The largest absolute Gasteiger partial charge is 0.285 e. The first-order valence-corrected chi connectivity index (χ1v) is 19.5. The lowest BCUT2D eigenvalue weighted by molar-refractivity contribution is 0.238. The van der Waals surface area contributed by atoms with Crippen LogP contribution in [-0.2, 0) is 39.3 Å². The van der Waals surface area contributed by atoms with Crippen LogP contribution in [0.1, 0.15) is 33.8 Å². The third kappa shape index (κ3) is 9.21. The topological polar surface area (TPSA) is 95.4 Å². The molecule has 0 radical (unpaired) electrons. The van der Waals surface area contributed by atoms with E-state index in [1.807, 2.05) is 50.8 Å². The molecule has 3 aromatic heterocycles. The van der Waals surface area contributed by atoms with E-state index in [0.717, 1.165) is 33.8 Å². The number of rotatable bonds is 15. The van der Waals surface area contributed by atoms with Crippen LogP contribution in [0.5, 0.6) is 0 Å². The smallest absolute Gasteiger partial charge is 0.0967 e. The minimum absolute atomic E-state index is 0.550. The second-order valence-electron chi connectivity index (χ2n) is 14.6. The maximum Gasteiger partial charge on any atom is 0.0967 e. The average molecular weight is 759 g/mol. The second kappa shape index (κ2) is 17.2. The number of aromatic nitrogens is 9. The van der Waals surface area contributed by atoms with Crippen molar-refractivity contribution in [2.45, 2.75) is 39.3 Å². The summed E-state index contributed by atoms with van der Waals surface area (Å²) < 4.78 is 5.68. The van der Waals surface area contributed by atoms with Crippen LogP contribution in [-0.4, -0.2) is 49.9 Å². The van der Waals surface area contributed by atoms with Crippen molar-refractivity contribution in [2.24, 2.45) is 0 Å². The molecule has 284 valence electrons. The van der Waals surface area contributed by atoms with Crippen molar-refractivity contribution in [1.82, 2.24) is 49.9 Å². The summed E-state index contributed by atoms with van der Waals surface area (Å²) in [6, 6.07) is 57.1. The zero-order valence-corrected chi connectivity index (χ0v) is 32.0. The lowest BCUT2D eigenvalue weighted by Crippen LogP contribution is -2.23. The summed E-state index contributed by atoms with van der Waals surface area (Å²) >= 11 is 0. The van der Waals surface area contributed by atoms with Gasteiger partial charge in [0.2, 0.25) is 0 Å². The van der Waals surface area contributed by atoms with E-state index in [9.17, 15) is 0 Å². The Balaban J connectivity index is 0.882. The van der Waals surface area contributed by atoms with Gasteiger partial charge in [0.25, 0.3) is 0 Å². The van der Waals surface area contributed by atoms with E-state index < -0.39 is 0 Å². The van der Waals surface area contributed by atoms with Gasteiger partial charge in [-0.05, 0) is 50.1 Å². The minimum Gasteiger partial charge on any atom is -0.285 e. The standard InChI is InChI=1S/C48H42N10/c1-4-10-40(11-5-1)43-22-16-37(17-23-43)28-56-34-46(49-52-56)31-55(32-47-35-57(53-50-47)29-38-18-24-44(25-19-38)41-12-6-2-7-13-41)33-48-36-58(54-51-48)30-39-20-26-45(27-21-39)42-14-8-3-9-15-42/h1-27,34-36H,28-33H2. The molecule has 10 nitrogen and oxygen atoms in total. The summed E-state index contributed by atoms with van der Waals surface area (Å²) in [7, 11) is 0. The summed E-state index contributed by atoms with van der Waals surface area (Å²) in [5.41, 5.74) is 13.2. The quantitative estimate of drug-likeness (QED) is 0.103. The summed E-state index contributed by atoms with van der Waals surface area (Å²) in [5.74, 6) is 0. The zero-order chi connectivity index (χ0) is 38.9. The van der Waals surface area contributed by atoms with Gasteiger partial charge in [0.1, 0.15) is 0 Å². The van der Waals surface area contributed by atoms with Gasteiger partial charge in [-0.1, -0.05) is 179 Å². The Bertz CT molecular complexity index is 2350. The van der Waals surface area contributed by atoms with Crippen molar-refractivity contribution in [2.75, 3.05) is 0 Å². The summed E-state index contributed by atoms with van der Waals surface area (Å²) in [5, 5.41) is 27.2. The third-order valence-electron chi connectivity index (χ3n) is 10.1. The molecule has 0 aliphatic heterocycles. The fourth-order valence-corrected chi connectivity index (χ4v) is 7.18. The fraction of sp³-hybridized carbons (Fsp3) is 0.125. The van der Waals surface area contributed by atoms with E-state index in [2.05, 4.69) is 181 Å². The van der Waals surface area contributed by atoms with Crippen LogP contribution >= 0.6 is 0 Å². The molecule has 0 spiro atoms. The molecule has 0 amide bonds. The van der Waals surface area contributed by atoms with E-state index in [4.69, 9.17) is 0 Å². The normalized spacial score (nSPS) is 11.3. The lowest BCUT2D eigenvalue weighted by atomic mass is 10.0. The minimum atomic E-state index is 0.550. The van der Waals surface area contributed by atoms with Crippen molar-refractivity contribution in [1.29, 1.82) is 0 Å². The van der Waals surface area contributed by atoms with Gasteiger partial charge in [-0.3, -0.25) is 4.90 Å². The van der Waals surface area contributed by atoms with Gasteiger partial charge in [-0.2, -0.15) is 0 Å². The Labute approximate surface area is 337 Å². The van der Waals surface area contributed by atoms with Crippen LogP contribution in [0, 0.1) is 0 Å². The van der Waals surface area contributed by atoms with Crippen LogP contribution in [0.3, 0.4) is 0 Å². The van der Waals surface area contributed by atoms with E-state index in [1.54, 1.807) is 0 Å². The second-order valence-corrected chi connectivity index (χ2v) is 14.6. The Hall–Kier alpha value is -7.30. The van der Waals surface area contributed by atoms with Crippen molar-refractivity contribution in [3.05, 3.63) is 216 Å². The highest BCUT2D eigenvalue weighted by atomic mass is 15.4. The van der Waals surface area contributed by atoms with Crippen LogP contribution < -0.4 is 0 Å². The first kappa shape index (κ1) is 36.3. The molecule has 0 bridgehead atoms. The Morgan fingerprint density at radius 1 is 0.310 bits per heavy atom. The Kier molecular flexibility index (Phi) is 10.8. The van der Waals surface area contributed by atoms with Crippen molar-refractivity contribution >= 4 is 0 Å². The maximum absolute atomic E-state index is 4.57. The fourth-order valence-electron chi connectivity index (χ4n) is 7.18. The average Bonchev–Trinajstić information content (AvgIpc) is 4.04. The van der Waals surface area contributed by atoms with Gasteiger partial charge in [0, 0.05) is 19.6 Å². The number of benzene rings is 6. The Morgan fingerprint density at radius 3 is 0.845 bits per heavy atom. The molecule has 0 atom stereocenters. The molecular formula is C48H42N10. The van der Waals surface area contributed by atoms with Gasteiger partial charge in [-0.15, -0.1) is 15.3 Å². The molecule has 0 saturated carbocycles. The van der Waals surface area contributed by atoms with Crippen molar-refractivity contribution in [3.63, 3.8) is 0 Å². The molecule has 0 N–H and O–H groups in total. The van der Waals surface area contributed by atoms with Crippen LogP contribution in [0.15, 0.2) is 182 Å². The predicted octanol–water partition coefficient (Wildman–Crippen LogP) is 8.81. The van der Waals surface area contributed by atoms with E-state index in [0.29, 0.717) is 39.3 Å². The van der Waals surface area contributed by atoms with Crippen LogP contribution in [0.2, 0.25) is 0 Å². The molecule has 3 heterocycles. The highest BCUT2D eigenvalue weighted by molar-refractivity contribution is 5.65. The van der Waals surface area contributed by atoms with Gasteiger partial charge in [0.15, 0.2) is 0 Å². The number of hydrogen-bond donors (Lipinski definition) is 0. The van der Waals surface area contributed by atoms with Gasteiger partial charge >= 0.3 is 0 Å². The van der Waals surface area contributed by atoms with Gasteiger partial charge in [0.05, 0.1) is 55.3 Å². The first-order chi connectivity index (χ1) is 28.6. The summed E-state index contributed by atoms with van der Waals surface area (Å²) in [4.78, 5) is 2.26. The van der Waals surface area contributed by atoms with E-state index >= 15 is 0 Å². The van der Waals surface area contributed by atoms with Crippen LogP contribution in [0.4, 0.5) is 0 Å². The lowest BCUT2D eigenvalue weighted by Gasteiger charge is -2.18. The molecule has 0 unspecified atom stereocenters. The molecule has 58 heavy (non-hydrogen) atoms. The summed E-state index contributed by atoms with van der Waals surface area (Å²) in [6.45, 7) is 3.54. The first-order valence-electron chi connectivity index (χ1n) is 19.5. The zero-order valence-electron chi connectivity index (χ0n) is 32.0. The SMILES string of the molecule is c1ccc(-c2ccc(Cn3cc(CN(Cc4cn(Cc5ccc(-c6ccccc6)cc5)nn4)Cc4cn(Cc5ccc(-c6ccccc6)cc5)nn4)nn3)cc2)cc1. The number of hydrogen-bond acceptors (Lipinski definition) is 7.